The first-order chi connectivity index (χ1) is 18.0. The van der Waals surface area contributed by atoms with Crippen molar-refractivity contribution in [1.29, 1.82) is 5.26 Å². The first-order valence-electron chi connectivity index (χ1n) is 11.4. The molecule has 0 bridgehead atoms. The Kier molecular flexibility index (Phi) is 8.53. The highest BCUT2D eigenvalue weighted by molar-refractivity contribution is 6.32. The normalized spacial score (nSPS) is 10.9. The molecule has 0 unspecified atom stereocenters. The zero-order valence-corrected chi connectivity index (χ0v) is 20.4. The molecule has 1 amide bonds. The fourth-order valence-electron chi connectivity index (χ4n) is 3.35. The molecular weight excluding hydrogens is 491 g/mol. The Hall–Kier alpha value is -4.60. The molecule has 0 spiro atoms. The first kappa shape index (κ1) is 25.5. The van der Waals surface area contributed by atoms with Crippen LogP contribution in [0.5, 0.6) is 11.5 Å². The Bertz CT molecular complexity index is 1430. The monoisotopic (exact) mass is 512 g/mol. The Balaban J connectivity index is 1.35. The smallest absolute Gasteiger partial charge is 0.266 e. The van der Waals surface area contributed by atoms with Crippen molar-refractivity contribution < 1.29 is 18.7 Å². The number of anilines is 1. The number of benzene rings is 4. The number of halogens is 2. The molecule has 0 radical (unpaired) electrons. The minimum atomic E-state index is -0.548. The van der Waals surface area contributed by atoms with E-state index >= 15 is 0 Å². The van der Waals surface area contributed by atoms with E-state index in [4.69, 9.17) is 21.1 Å². The van der Waals surface area contributed by atoms with E-state index < -0.39 is 5.91 Å². The lowest BCUT2D eigenvalue weighted by atomic mass is 10.1. The topological polar surface area (TPSA) is 71.3 Å². The van der Waals surface area contributed by atoms with Crippen molar-refractivity contribution in [2.75, 3.05) is 5.32 Å². The summed E-state index contributed by atoms with van der Waals surface area (Å²) in [5.74, 6) is 0.225. The summed E-state index contributed by atoms with van der Waals surface area (Å²) in [5, 5.41) is 12.6. The summed E-state index contributed by atoms with van der Waals surface area (Å²) in [6, 6.07) is 29.5. The minimum absolute atomic E-state index is 0.0829. The summed E-state index contributed by atoms with van der Waals surface area (Å²) >= 11 is 6.33. The lowest BCUT2D eigenvalue weighted by molar-refractivity contribution is -0.112. The Morgan fingerprint density at radius 1 is 0.892 bits per heavy atom. The van der Waals surface area contributed by atoms with Gasteiger partial charge in [-0.05, 0) is 71.3 Å². The molecule has 184 valence electrons. The molecule has 0 aliphatic heterocycles. The van der Waals surface area contributed by atoms with Gasteiger partial charge in [-0.25, -0.2) is 4.39 Å². The van der Waals surface area contributed by atoms with Crippen molar-refractivity contribution in [3.63, 3.8) is 0 Å². The second-order valence-corrected chi connectivity index (χ2v) is 8.43. The molecule has 4 rings (SSSR count). The largest absolute Gasteiger partial charge is 0.489 e. The van der Waals surface area contributed by atoms with E-state index in [1.165, 1.54) is 18.2 Å². The van der Waals surface area contributed by atoms with Gasteiger partial charge in [0.15, 0.2) is 0 Å². The number of hydrogen-bond donors (Lipinski definition) is 1. The van der Waals surface area contributed by atoms with Crippen LogP contribution in [-0.2, 0) is 18.0 Å². The summed E-state index contributed by atoms with van der Waals surface area (Å²) in [7, 11) is 0. The van der Waals surface area contributed by atoms with Crippen molar-refractivity contribution in [3.8, 4) is 17.6 Å². The number of amides is 1. The van der Waals surface area contributed by atoms with Gasteiger partial charge in [-0.2, -0.15) is 5.26 Å². The molecule has 1 N–H and O–H groups in total. The maximum absolute atomic E-state index is 13.0. The summed E-state index contributed by atoms with van der Waals surface area (Å²) in [6.45, 7) is 0.656. The number of nitrogens with one attached hydrogen (secondary N) is 1. The van der Waals surface area contributed by atoms with Crippen LogP contribution in [0.1, 0.15) is 16.7 Å². The highest BCUT2D eigenvalue weighted by Crippen LogP contribution is 2.27. The average molecular weight is 513 g/mol. The van der Waals surface area contributed by atoms with Crippen LogP contribution in [0.3, 0.4) is 0 Å². The molecule has 0 aliphatic carbocycles. The van der Waals surface area contributed by atoms with Crippen LogP contribution in [0.25, 0.3) is 6.08 Å². The minimum Gasteiger partial charge on any atom is -0.489 e. The zero-order valence-electron chi connectivity index (χ0n) is 19.7. The molecule has 0 fully saturated rings. The SMILES string of the molecule is N#C/C(=C\c1ccc(OCc2ccc(F)cc2)c(Cl)c1)C(=O)Nc1ccc(OCc2ccccc2)cc1. The van der Waals surface area contributed by atoms with Gasteiger partial charge in [-0.3, -0.25) is 4.79 Å². The molecular formula is C30H22ClFN2O3. The molecule has 5 nitrogen and oxygen atoms in total. The van der Waals surface area contributed by atoms with E-state index in [0.29, 0.717) is 34.4 Å². The molecule has 7 heteroatoms. The molecule has 0 aliphatic rings. The van der Waals surface area contributed by atoms with Gasteiger partial charge in [0.1, 0.15) is 42.2 Å². The number of rotatable bonds is 9. The number of carbonyl (C=O) groups is 1. The van der Waals surface area contributed by atoms with Gasteiger partial charge in [0.2, 0.25) is 0 Å². The van der Waals surface area contributed by atoms with Crippen LogP contribution in [0.4, 0.5) is 10.1 Å². The van der Waals surface area contributed by atoms with Gasteiger partial charge in [0, 0.05) is 5.69 Å². The fourth-order valence-corrected chi connectivity index (χ4v) is 3.60. The molecule has 37 heavy (non-hydrogen) atoms. The third kappa shape index (κ3) is 7.44. The summed E-state index contributed by atoms with van der Waals surface area (Å²) in [4.78, 5) is 12.7. The molecule has 0 saturated carbocycles. The van der Waals surface area contributed by atoms with Crippen molar-refractivity contribution in [2.24, 2.45) is 0 Å². The van der Waals surface area contributed by atoms with Crippen molar-refractivity contribution in [2.45, 2.75) is 13.2 Å². The van der Waals surface area contributed by atoms with Crippen LogP contribution in [0, 0.1) is 17.1 Å². The van der Waals surface area contributed by atoms with Crippen molar-refractivity contribution >= 4 is 29.3 Å². The molecule has 4 aromatic carbocycles. The Morgan fingerprint density at radius 2 is 1.57 bits per heavy atom. The lowest BCUT2D eigenvalue weighted by Gasteiger charge is -2.09. The average Bonchev–Trinajstić information content (AvgIpc) is 2.92. The number of hydrogen-bond acceptors (Lipinski definition) is 4. The van der Waals surface area contributed by atoms with E-state index in [1.807, 2.05) is 36.4 Å². The Labute approximate surface area is 219 Å². The summed E-state index contributed by atoms with van der Waals surface area (Å²) in [5.41, 5.74) is 2.86. The number of carbonyl (C=O) groups excluding carboxylic acids is 1. The van der Waals surface area contributed by atoms with Crippen molar-refractivity contribution in [3.05, 3.63) is 130 Å². The third-order valence-electron chi connectivity index (χ3n) is 5.30. The number of nitrogens with zero attached hydrogens (tertiary/aromatic N) is 1. The van der Waals surface area contributed by atoms with E-state index in [0.717, 1.165) is 11.1 Å². The van der Waals surface area contributed by atoms with Gasteiger partial charge in [-0.1, -0.05) is 60.1 Å². The van der Waals surface area contributed by atoms with Crippen LogP contribution in [0.15, 0.2) is 103 Å². The standard InChI is InChI=1S/C30H22ClFN2O3/c31-28-17-23(8-15-29(28)37-20-22-6-9-25(32)10-7-22)16-24(18-33)30(35)34-26-11-13-27(14-12-26)36-19-21-4-2-1-3-5-21/h1-17H,19-20H2,(H,34,35)/b24-16+. The highest BCUT2D eigenvalue weighted by atomic mass is 35.5. The van der Waals surface area contributed by atoms with Gasteiger partial charge in [-0.15, -0.1) is 0 Å². The molecule has 4 aromatic rings. The summed E-state index contributed by atoms with van der Waals surface area (Å²) < 4.78 is 24.5. The second-order valence-electron chi connectivity index (χ2n) is 8.03. The highest BCUT2D eigenvalue weighted by Gasteiger charge is 2.11. The Morgan fingerprint density at radius 3 is 2.24 bits per heavy atom. The van der Waals surface area contributed by atoms with Crippen LogP contribution in [0.2, 0.25) is 5.02 Å². The van der Waals surface area contributed by atoms with E-state index in [2.05, 4.69) is 5.32 Å². The predicted octanol–water partition coefficient (Wildman–Crippen LogP) is 7.18. The van der Waals surface area contributed by atoms with E-state index in [1.54, 1.807) is 54.6 Å². The summed E-state index contributed by atoms with van der Waals surface area (Å²) in [6.07, 6.45) is 1.45. The maximum Gasteiger partial charge on any atom is 0.266 e. The quantitative estimate of drug-likeness (QED) is 0.190. The van der Waals surface area contributed by atoms with Gasteiger partial charge >= 0.3 is 0 Å². The van der Waals surface area contributed by atoms with Crippen LogP contribution >= 0.6 is 11.6 Å². The predicted molar refractivity (Wildman–Crippen MR) is 142 cm³/mol. The van der Waals surface area contributed by atoms with Gasteiger partial charge < -0.3 is 14.8 Å². The number of nitriles is 1. The third-order valence-corrected chi connectivity index (χ3v) is 5.60. The van der Waals surface area contributed by atoms with Crippen LogP contribution < -0.4 is 14.8 Å². The molecule has 0 aromatic heterocycles. The molecule has 0 heterocycles. The zero-order chi connectivity index (χ0) is 26.0. The van der Waals surface area contributed by atoms with E-state index in [-0.39, 0.29) is 18.0 Å². The van der Waals surface area contributed by atoms with Crippen LogP contribution in [-0.4, -0.2) is 5.91 Å². The second kappa shape index (κ2) is 12.4. The van der Waals surface area contributed by atoms with E-state index in [9.17, 15) is 14.4 Å². The van der Waals surface area contributed by atoms with Gasteiger partial charge in [0.25, 0.3) is 5.91 Å². The van der Waals surface area contributed by atoms with Crippen molar-refractivity contribution in [1.82, 2.24) is 0 Å². The lowest BCUT2D eigenvalue weighted by Crippen LogP contribution is -2.13. The first-order valence-corrected chi connectivity index (χ1v) is 11.7. The molecule has 0 atom stereocenters. The number of ether oxygens (including phenoxy) is 2. The van der Waals surface area contributed by atoms with Gasteiger partial charge in [0.05, 0.1) is 5.02 Å². The fraction of sp³-hybridized carbons (Fsp3) is 0.0667. The molecule has 0 saturated heterocycles. The maximum atomic E-state index is 13.0.